The van der Waals surface area contributed by atoms with E-state index in [4.69, 9.17) is 34.8 Å². The van der Waals surface area contributed by atoms with Crippen LogP contribution in [-0.2, 0) is 27.2 Å². The van der Waals surface area contributed by atoms with Crippen molar-refractivity contribution in [3.05, 3.63) is 63.4 Å². The molecule has 0 unspecified atom stereocenters. The Morgan fingerprint density at radius 2 is 2.00 bits per heavy atom. The van der Waals surface area contributed by atoms with Gasteiger partial charge in [0.1, 0.15) is 11.4 Å². The van der Waals surface area contributed by atoms with Crippen LogP contribution in [0.5, 0.6) is 0 Å². The zero-order valence-corrected chi connectivity index (χ0v) is 18.2. The van der Waals surface area contributed by atoms with E-state index in [1.54, 1.807) is 18.2 Å². The molecule has 1 aliphatic rings. The fourth-order valence-electron chi connectivity index (χ4n) is 3.82. The third-order valence-corrected chi connectivity index (χ3v) is 6.26. The first kappa shape index (κ1) is 22.9. The highest BCUT2D eigenvalue weighted by molar-refractivity contribution is 6.35. The number of nitrogens with zero attached hydrogens (tertiary/aromatic N) is 1. The number of carbonyl (C=O) groups is 2. The van der Waals surface area contributed by atoms with E-state index in [0.717, 1.165) is 0 Å². The molecule has 0 spiro atoms. The summed E-state index contributed by atoms with van der Waals surface area (Å²) in [5.74, 6) is -1.44. The number of halogens is 4. The van der Waals surface area contributed by atoms with Crippen LogP contribution in [0.4, 0.5) is 4.39 Å². The van der Waals surface area contributed by atoms with E-state index in [2.05, 4.69) is 10.3 Å². The zero-order valence-electron chi connectivity index (χ0n) is 15.9. The normalized spacial score (nSPS) is 23.0. The first-order valence-electron chi connectivity index (χ1n) is 9.36. The number of ketones is 1. The lowest BCUT2D eigenvalue weighted by atomic mass is 9.71. The molecule has 0 fully saturated rings. The molecule has 3 rings (SSSR count). The second kappa shape index (κ2) is 9.18. The standard InChI is InChI=1S/C21H20Cl3FN2O3/c22-11-18(30)27-20(12-28)7-8-21(25,15-2-1-9-26-19(15)20)17(29)6-4-13-3-5-14(23)10-16(13)24/h1-3,5,9-10,28H,4,6-8,11-12H2,(H,27,30)/t20-,21-/m0/s1. The van der Waals surface area contributed by atoms with Crippen LogP contribution in [0.15, 0.2) is 36.5 Å². The van der Waals surface area contributed by atoms with E-state index >= 15 is 4.39 Å². The summed E-state index contributed by atoms with van der Waals surface area (Å²) in [7, 11) is 0. The van der Waals surface area contributed by atoms with E-state index in [1.165, 1.54) is 18.3 Å². The number of carbonyl (C=O) groups excluding carboxylic acids is 2. The molecule has 5 nitrogen and oxygen atoms in total. The highest BCUT2D eigenvalue weighted by Crippen LogP contribution is 2.46. The molecule has 9 heteroatoms. The number of amides is 1. The first-order chi connectivity index (χ1) is 14.3. The Hall–Kier alpha value is -1.73. The van der Waals surface area contributed by atoms with Crippen LogP contribution in [-0.4, -0.2) is 34.3 Å². The van der Waals surface area contributed by atoms with Crippen LogP contribution < -0.4 is 5.32 Å². The van der Waals surface area contributed by atoms with Crippen molar-refractivity contribution < 1.29 is 19.1 Å². The number of hydrogen-bond acceptors (Lipinski definition) is 4. The number of hydrogen-bond donors (Lipinski definition) is 2. The number of Topliss-reactive ketones (excluding diaryl/α,β-unsaturated/α-hetero) is 1. The van der Waals surface area contributed by atoms with E-state index in [0.29, 0.717) is 15.6 Å². The van der Waals surface area contributed by atoms with Gasteiger partial charge in [0, 0.05) is 28.2 Å². The Morgan fingerprint density at radius 1 is 1.23 bits per heavy atom. The van der Waals surface area contributed by atoms with Crippen LogP contribution in [0.2, 0.25) is 10.0 Å². The molecular formula is C21H20Cl3FN2O3. The Kier molecular flexibility index (Phi) is 7.02. The second-order valence-corrected chi connectivity index (χ2v) is 8.39. The molecule has 0 bridgehead atoms. The van der Waals surface area contributed by atoms with Crippen molar-refractivity contribution >= 4 is 46.5 Å². The number of aromatic nitrogens is 1. The molecule has 160 valence electrons. The third kappa shape index (κ3) is 4.33. The predicted octanol–water partition coefficient (Wildman–Crippen LogP) is 4.09. The number of aliphatic hydroxyl groups is 1. The quantitative estimate of drug-likeness (QED) is 0.594. The number of rotatable bonds is 7. The maximum absolute atomic E-state index is 16.1. The van der Waals surface area contributed by atoms with Gasteiger partial charge >= 0.3 is 0 Å². The van der Waals surface area contributed by atoms with Crippen molar-refractivity contribution in [2.75, 3.05) is 12.5 Å². The van der Waals surface area contributed by atoms with Crippen molar-refractivity contribution in [1.29, 1.82) is 0 Å². The van der Waals surface area contributed by atoms with Gasteiger partial charge in [0.2, 0.25) is 5.91 Å². The topological polar surface area (TPSA) is 79.3 Å². The van der Waals surface area contributed by atoms with Gasteiger partial charge in [0.25, 0.3) is 0 Å². The van der Waals surface area contributed by atoms with Gasteiger partial charge in [-0.25, -0.2) is 4.39 Å². The van der Waals surface area contributed by atoms with Crippen LogP contribution in [0.1, 0.15) is 36.1 Å². The molecule has 2 atom stereocenters. The van der Waals surface area contributed by atoms with Crippen molar-refractivity contribution in [3.63, 3.8) is 0 Å². The SMILES string of the molecule is O=C(CCl)N[C@]1(CO)CC[C@@](F)(C(=O)CCc2ccc(Cl)cc2Cl)c2cccnc21. The summed E-state index contributed by atoms with van der Waals surface area (Å²) in [5, 5.41) is 13.5. The molecule has 2 aromatic rings. The minimum absolute atomic E-state index is 0.0000827. The number of aryl methyl sites for hydroxylation is 1. The fraction of sp³-hybridized carbons (Fsp3) is 0.381. The van der Waals surface area contributed by atoms with Crippen molar-refractivity contribution in [2.45, 2.75) is 36.9 Å². The van der Waals surface area contributed by atoms with Crippen LogP contribution in [0.25, 0.3) is 0 Å². The predicted molar refractivity (Wildman–Crippen MR) is 114 cm³/mol. The molecule has 0 radical (unpaired) electrons. The smallest absolute Gasteiger partial charge is 0.235 e. The van der Waals surface area contributed by atoms with Gasteiger partial charge in [-0.1, -0.05) is 35.3 Å². The Balaban J connectivity index is 1.89. The summed E-state index contributed by atoms with van der Waals surface area (Å²) < 4.78 is 16.1. The van der Waals surface area contributed by atoms with Crippen LogP contribution in [0, 0.1) is 0 Å². The minimum Gasteiger partial charge on any atom is -0.394 e. The summed E-state index contributed by atoms with van der Waals surface area (Å²) in [6.45, 7) is -0.496. The number of benzene rings is 1. The maximum Gasteiger partial charge on any atom is 0.235 e. The monoisotopic (exact) mass is 472 g/mol. The number of nitrogens with one attached hydrogen (secondary N) is 1. The Labute approximate surface area is 188 Å². The highest BCUT2D eigenvalue weighted by atomic mass is 35.5. The van der Waals surface area contributed by atoms with E-state index in [9.17, 15) is 14.7 Å². The number of alkyl halides is 2. The molecule has 1 aromatic carbocycles. The Bertz CT molecular complexity index is 974. The van der Waals surface area contributed by atoms with Crippen molar-refractivity contribution in [2.24, 2.45) is 0 Å². The molecular weight excluding hydrogens is 454 g/mol. The minimum atomic E-state index is -2.28. The van der Waals surface area contributed by atoms with Gasteiger partial charge in [-0.05, 0) is 43.0 Å². The Morgan fingerprint density at radius 3 is 2.67 bits per heavy atom. The van der Waals surface area contributed by atoms with Gasteiger partial charge < -0.3 is 10.4 Å². The lowest BCUT2D eigenvalue weighted by Gasteiger charge is -2.42. The van der Waals surface area contributed by atoms with Crippen molar-refractivity contribution in [3.8, 4) is 0 Å². The average molecular weight is 474 g/mol. The molecule has 0 saturated carbocycles. The number of pyridine rings is 1. The largest absolute Gasteiger partial charge is 0.394 e. The molecule has 1 amide bonds. The summed E-state index contributed by atoms with van der Waals surface area (Å²) in [6.07, 6.45) is 1.40. The highest BCUT2D eigenvalue weighted by Gasteiger charge is 2.52. The van der Waals surface area contributed by atoms with E-state index < -0.39 is 29.5 Å². The molecule has 0 aliphatic heterocycles. The van der Waals surface area contributed by atoms with Gasteiger partial charge in [0.15, 0.2) is 11.5 Å². The zero-order chi connectivity index (χ0) is 21.9. The van der Waals surface area contributed by atoms with E-state index in [1.807, 2.05) is 0 Å². The van der Waals surface area contributed by atoms with Crippen LogP contribution >= 0.6 is 34.8 Å². The molecule has 1 aromatic heterocycles. The van der Waals surface area contributed by atoms with Crippen LogP contribution in [0.3, 0.4) is 0 Å². The molecule has 1 aliphatic carbocycles. The van der Waals surface area contributed by atoms with Gasteiger partial charge in [-0.2, -0.15) is 0 Å². The van der Waals surface area contributed by atoms with Crippen molar-refractivity contribution in [1.82, 2.24) is 10.3 Å². The van der Waals surface area contributed by atoms with Gasteiger partial charge in [-0.3, -0.25) is 14.6 Å². The summed E-state index contributed by atoms with van der Waals surface area (Å²) in [4.78, 5) is 29.1. The molecule has 2 N–H and O–H groups in total. The molecule has 1 heterocycles. The summed E-state index contributed by atoms with van der Waals surface area (Å²) in [5.41, 5.74) is -2.70. The third-order valence-electron chi connectivity index (χ3n) is 5.43. The van der Waals surface area contributed by atoms with Gasteiger partial charge in [0.05, 0.1) is 12.3 Å². The molecule has 0 saturated heterocycles. The average Bonchev–Trinajstić information content (AvgIpc) is 2.75. The van der Waals surface area contributed by atoms with Gasteiger partial charge in [-0.15, -0.1) is 11.6 Å². The summed E-state index contributed by atoms with van der Waals surface area (Å²) in [6, 6.07) is 7.92. The lowest BCUT2D eigenvalue weighted by molar-refractivity contribution is -0.133. The number of aliphatic hydroxyl groups excluding tert-OH is 1. The first-order valence-corrected chi connectivity index (χ1v) is 10.6. The lowest BCUT2D eigenvalue weighted by Crippen LogP contribution is -2.55. The second-order valence-electron chi connectivity index (χ2n) is 7.28. The maximum atomic E-state index is 16.1. The molecule has 30 heavy (non-hydrogen) atoms. The van der Waals surface area contributed by atoms with E-state index in [-0.39, 0.29) is 42.8 Å². The summed E-state index contributed by atoms with van der Waals surface area (Å²) >= 11 is 17.6. The fourth-order valence-corrected chi connectivity index (χ4v) is 4.39. The number of fused-ring (bicyclic) bond motifs is 1.